The Morgan fingerprint density at radius 3 is 2.09 bits per heavy atom. The second kappa shape index (κ2) is 10.3. The summed E-state index contributed by atoms with van der Waals surface area (Å²) in [6.07, 6.45) is 0. The molecule has 0 unspecified atom stereocenters. The van der Waals surface area contributed by atoms with Crippen LogP contribution < -0.4 is 4.74 Å². The number of piperazine rings is 1. The summed E-state index contributed by atoms with van der Waals surface area (Å²) in [4.78, 5) is 14.3. The average molecular weight is 496 g/mol. The molecule has 1 aliphatic rings. The zero-order chi connectivity index (χ0) is 24.1. The number of halogens is 1. The Balaban J connectivity index is 1.30. The van der Waals surface area contributed by atoms with Crippen LogP contribution >= 0.6 is 11.6 Å². The predicted molar refractivity (Wildman–Crippen MR) is 129 cm³/mol. The molecular formula is C25H22ClN3O4S. The van der Waals surface area contributed by atoms with Crippen LogP contribution in [0.15, 0.2) is 77.7 Å². The van der Waals surface area contributed by atoms with Crippen LogP contribution in [0.1, 0.15) is 5.56 Å². The zero-order valence-electron chi connectivity index (χ0n) is 18.2. The minimum atomic E-state index is -3.71. The van der Waals surface area contributed by atoms with Gasteiger partial charge in [0.1, 0.15) is 10.6 Å². The SMILES string of the molecule is N#Cc1ccc(-c2ccc(OCC(=O)N3CCN(S(=O)(=O)c4ccccc4Cl)CC3)cc2)cc1. The van der Waals surface area contributed by atoms with Crippen molar-refractivity contribution >= 4 is 27.5 Å². The lowest BCUT2D eigenvalue weighted by Gasteiger charge is -2.34. The van der Waals surface area contributed by atoms with Gasteiger partial charge in [-0.2, -0.15) is 9.57 Å². The molecule has 0 bridgehead atoms. The molecule has 0 radical (unpaired) electrons. The highest BCUT2D eigenvalue weighted by Crippen LogP contribution is 2.25. The summed E-state index contributed by atoms with van der Waals surface area (Å²) in [6, 6.07) is 23.1. The van der Waals surface area contributed by atoms with Crippen molar-refractivity contribution in [3.8, 4) is 22.9 Å². The lowest BCUT2D eigenvalue weighted by atomic mass is 10.0. The highest BCUT2D eigenvalue weighted by molar-refractivity contribution is 7.89. The van der Waals surface area contributed by atoms with Crippen LogP contribution in [0, 0.1) is 11.3 Å². The summed E-state index contributed by atoms with van der Waals surface area (Å²) in [5.74, 6) is 0.358. The topological polar surface area (TPSA) is 90.7 Å². The van der Waals surface area contributed by atoms with E-state index in [0.29, 0.717) is 11.3 Å². The third-order valence-electron chi connectivity index (χ3n) is 5.61. The lowest BCUT2D eigenvalue weighted by molar-refractivity contribution is -0.134. The maximum Gasteiger partial charge on any atom is 0.260 e. The van der Waals surface area contributed by atoms with Gasteiger partial charge in [-0.1, -0.05) is 48.0 Å². The molecule has 0 atom stereocenters. The van der Waals surface area contributed by atoms with Crippen molar-refractivity contribution in [3.63, 3.8) is 0 Å². The molecule has 1 fully saturated rings. The molecule has 1 heterocycles. The Kier molecular flexibility index (Phi) is 7.17. The van der Waals surface area contributed by atoms with Crippen LogP contribution in [-0.2, 0) is 14.8 Å². The van der Waals surface area contributed by atoms with Gasteiger partial charge in [0.15, 0.2) is 6.61 Å². The number of amides is 1. The molecule has 1 aliphatic heterocycles. The van der Waals surface area contributed by atoms with E-state index in [0.717, 1.165) is 11.1 Å². The van der Waals surface area contributed by atoms with Crippen molar-refractivity contribution < 1.29 is 17.9 Å². The number of sulfonamides is 1. The molecule has 7 nitrogen and oxygen atoms in total. The van der Waals surface area contributed by atoms with E-state index >= 15 is 0 Å². The van der Waals surface area contributed by atoms with Crippen LogP contribution in [0.25, 0.3) is 11.1 Å². The van der Waals surface area contributed by atoms with E-state index in [1.54, 1.807) is 47.4 Å². The number of hydrogen-bond acceptors (Lipinski definition) is 5. The average Bonchev–Trinajstić information content (AvgIpc) is 2.88. The van der Waals surface area contributed by atoms with E-state index in [2.05, 4.69) is 6.07 Å². The molecule has 3 aromatic rings. The number of hydrogen-bond donors (Lipinski definition) is 0. The fourth-order valence-corrected chi connectivity index (χ4v) is 5.60. The summed E-state index contributed by atoms with van der Waals surface area (Å²) in [5, 5.41) is 9.09. The Morgan fingerprint density at radius 1 is 0.912 bits per heavy atom. The minimum Gasteiger partial charge on any atom is -0.484 e. The normalized spacial score (nSPS) is 14.4. The fraction of sp³-hybridized carbons (Fsp3) is 0.200. The van der Waals surface area contributed by atoms with Crippen LogP contribution in [0.3, 0.4) is 0 Å². The van der Waals surface area contributed by atoms with Gasteiger partial charge in [-0.05, 0) is 47.5 Å². The third kappa shape index (κ3) is 5.23. The molecule has 4 rings (SSSR count). The summed E-state index contributed by atoms with van der Waals surface area (Å²) < 4.78 is 32.7. The second-order valence-electron chi connectivity index (χ2n) is 7.72. The standard InChI is InChI=1S/C25H22ClN3O4S/c26-23-3-1-2-4-24(23)34(31,32)29-15-13-28(14-16-29)25(30)18-33-22-11-9-21(10-12-22)20-7-5-19(17-27)6-8-20/h1-12H,13-16,18H2. The van der Waals surface area contributed by atoms with Crippen LogP contribution in [0.2, 0.25) is 5.02 Å². The Morgan fingerprint density at radius 2 is 1.50 bits per heavy atom. The Bertz CT molecular complexity index is 1310. The molecule has 1 saturated heterocycles. The molecule has 0 N–H and O–H groups in total. The first-order valence-electron chi connectivity index (χ1n) is 10.6. The van der Waals surface area contributed by atoms with E-state index in [9.17, 15) is 13.2 Å². The quantitative estimate of drug-likeness (QED) is 0.519. The van der Waals surface area contributed by atoms with E-state index in [1.165, 1.54) is 10.4 Å². The molecular weight excluding hydrogens is 474 g/mol. The Hall–Kier alpha value is -3.38. The maximum absolute atomic E-state index is 12.9. The number of nitriles is 1. The zero-order valence-corrected chi connectivity index (χ0v) is 19.8. The lowest BCUT2D eigenvalue weighted by Crippen LogP contribution is -2.51. The second-order valence-corrected chi connectivity index (χ2v) is 10.0. The van der Waals surface area contributed by atoms with Crippen molar-refractivity contribution in [3.05, 3.63) is 83.4 Å². The molecule has 9 heteroatoms. The predicted octanol–water partition coefficient (Wildman–Crippen LogP) is 3.79. The highest BCUT2D eigenvalue weighted by Gasteiger charge is 2.31. The van der Waals surface area contributed by atoms with Crippen molar-refractivity contribution in [1.82, 2.24) is 9.21 Å². The summed E-state index contributed by atoms with van der Waals surface area (Å²) >= 11 is 6.06. The van der Waals surface area contributed by atoms with Gasteiger partial charge >= 0.3 is 0 Å². The Labute approximate surface area is 203 Å². The summed E-state index contributed by atoms with van der Waals surface area (Å²) in [5.41, 5.74) is 2.55. The molecule has 3 aromatic carbocycles. The summed E-state index contributed by atoms with van der Waals surface area (Å²) in [7, 11) is -3.71. The van der Waals surface area contributed by atoms with Crippen LogP contribution in [-0.4, -0.2) is 56.3 Å². The first-order chi connectivity index (χ1) is 16.4. The van der Waals surface area contributed by atoms with Gasteiger partial charge in [0.05, 0.1) is 16.7 Å². The van der Waals surface area contributed by atoms with Gasteiger partial charge in [-0.3, -0.25) is 4.79 Å². The van der Waals surface area contributed by atoms with Crippen molar-refractivity contribution in [2.24, 2.45) is 0 Å². The number of benzene rings is 3. The van der Waals surface area contributed by atoms with Gasteiger partial charge in [0.25, 0.3) is 5.91 Å². The molecule has 0 spiro atoms. The molecule has 0 aromatic heterocycles. The van der Waals surface area contributed by atoms with E-state index in [4.69, 9.17) is 21.6 Å². The minimum absolute atomic E-state index is 0.0734. The molecule has 1 amide bonds. The van der Waals surface area contributed by atoms with Gasteiger partial charge in [-0.15, -0.1) is 0 Å². The van der Waals surface area contributed by atoms with Gasteiger partial charge in [-0.25, -0.2) is 8.42 Å². The maximum atomic E-state index is 12.9. The number of carbonyl (C=O) groups is 1. The van der Waals surface area contributed by atoms with Crippen molar-refractivity contribution in [2.45, 2.75) is 4.90 Å². The number of rotatable bonds is 6. The summed E-state index contributed by atoms with van der Waals surface area (Å²) in [6.45, 7) is 0.817. The largest absolute Gasteiger partial charge is 0.484 e. The van der Waals surface area contributed by atoms with Crippen molar-refractivity contribution in [1.29, 1.82) is 5.26 Å². The van der Waals surface area contributed by atoms with Gasteiger partial charge < -0.3 is 9.64 Å². The number of carbonyl (C=O) groups excluding carboxylic acids is 1. The number of ether oxygens (including phenoxy) is 1. The monoisotopic (exact) mass is 495 g/mol. The van der Waals surface area contributed by atoms with Crippen LogP contribution in [0.4, 0.5) is 0 Å². The van der Waals surface area contributed by atoms with Gasteiger partial charge in [0.2, 0.25) is 10.0 Å². The van der Waals surface area contributed by atoms with E-state index in [1.807, 2.05) is 24.3 Å². The molecule has 0 aliphatic carbocycles. The van der Waals surface area contributed by atoms with Gasteiger partial charge in [0, 0.05) is 26.2 Å². The smallest absolute Gasteiger partial charge is 0.260 e. The molecule has 0 saturated carbocycles. The first kappa shape index (κ1) is 23.8. The van der Waals surface area contributed by atoms with Crippen molar-refractivity contribution in [2.75, 3.05) is 32.8 Å². The third-order valence-corrected chi connectivity index (χ3v) is 8.01. The van der Waals surface area contributed by atoms with E-state index in [-0.39, 0.29) is 48.6 Å². The fourth-order valence-electron chi connectivity index (χ4n) is 3.69. The number of nitrogens with zero attached hydrogens (tertiary/aromatic N) is 3. The molecule has 174 valence electrons. The molecule has 34 heavy (non-hydrogen) atoms. The first-order valence-corrected chi connectivity index (χ1v) is 12.5. The highest BCUT2D eigenvalue weighted by atomic mass is 35.5. The van der Waals surface area contributed by atoms with E-state index < -0.39 is 10.0 Å². The van der Waals surface area contributed by atoms with Crippen LogP contribution in [0.5, 0.6) is 5.75 Å².